The molecule has 3 rings (SSSR count). The van der Waals surface area contributed by atoms with Crippen LogP contribution >= 0.6 is 11.3 Å². The number of nitrogens with zero attached hydrogens (tertiary/aromatic N) is 1. The zero-order valence-electron chi connectivity index (χ0n) is 17.1. The lowest BCUT2D eigenvalue weighted by Crippen LogP contribution is -2.20. The molecule has 2 N–H and O–H groups in total. The second kappa shape index (κ2) is 9.17. The topological polar surface area (TPSA) is 81.8 Å². The standard InChI is InChI=1S/C22H19F3N2O3S2/c1-30-19-9-4-3-8-17(19)27-18(12-21(26)22(23,24)25)20-11-15(13-31-20)14-6-5-7-16(10-14)32(2,28)29/h3-13H,26H2,1-2H3/b21-12-,27-18?. The van der Waals surface area contributed by atoms with Crippen molar-refractivity contribution >= 4 is 32.6 Å². The van der Waals surface area contributed by atoms with Gasteiger partial charge in [0.1, 0.15) is 17.1 Å². The molecule has 0 saturated carbocycles. The van der Waals surface area contributed by atoms with Crippen molar-refractivity contribution in [2.75, 3.05) is 13.4 Å². The first-order chi connectivity index (χ1) is 15.0. The zero-order chi connectivity index (χ0) is 23.5. The van der Waals surface area contributed by atoms with Crippen molar-refractivity contribution in [3.8, 4) is 16.9 Å². The molecule has 0 radical (unpaired) electrons. The Morgan fingerprint density at radius 3 is 2.47 bits per heavy atom. The molecule has 2 aromatic carbocycles. The predicted octanol–water partition coefficient (Wildman–Crippen LogP) is 5.35. The molecule has 10 heteroatoms. The van der Waals surface area contributed by atoms with Gasteiger partial charge in [0.15, 0.2) is 9.84 Å². The molecule has 1 heterocycles. The SMILES string of the molecule is COc1ccccc1N=C(/C=C(\N)C(F)(F)F)c1cc(-c2cccc(S(C)(=O)=O)c2)cs1. The summed E-state index contributed by atoms with van der Waals surface area (Å²) in [5, 5.41) is 1.71. The second-order valence-electron chi connectivity index (χ2n) is 6.77. The maximum Gasteiger partial charge on any atom is 0.430 e. The summed E-state index contributed by atoms with van der Waals surface area (Å²) in [7, 11) is -1.97. The predicted molar refractivity (Wildman–Crippen MR) is 120 cm³/mol. The Kier molecular flexibility index (Phi) is 6.75. The summed E-state index contributed by atoms with van der Waals surface area (Å²) >= 11 is 1.16. The van der Waals surface area contributed by atoms with Crippen LogP contribution in [0, 0.1) is 0 Å². The first kappa shape index (κ1) is 23.6. The number of hydrogen-bond donors (Lipinski definition) is 1. The highest BCUT2D eigenvalue weighted by atomic mass is 32.2. The molecule has 5 nitrogen and oxygen atoms in total. The van der Waals surface area contributed by atoms with Gasteiger partial charge in [-0.15, -0.1) is 11.3 Å². The lowest BCUT2D eigenvalue weighted by Gasteiger charge is -2.08. The Hall–Kier alpha value is -3.11. The summed E-state index contributed by atoms with van der Waals surface area (Å²) in [6, 6.07) is 14.6. The normalized spacial score (nSPS) is 13.3. The van der Waals surface area contributed by atoms with E-state index < -0.39 is 21.7 Å². The number of aliphatic imine (C=N–C) groups is 1. The van der Waals surface area contributed by atoms with E-state index in [2.05, 4.69) is 4.99 Å². The summed E-state index contributed by atoms with van der Waals surface area (Å²) in [5.74, 6) is 0.390. The first-order valence-electron chi connectivity index (χ1n) is 9.14. The smallest absolute Gasteiger partial charge is 0.430 e. The van der Waals surface area contributed by atoms with Crippen LogP contribution in [0.1, 0.15) is 4.88 Å². The number of thiophene rings is 1. The van der Waals surface area contributed by atoms with Gasteiger partial charge in [-0.1, -0.05) is 24.3 Å². The minimum atomic E-state index is -4.72. The molecular formula is C22H19F3N2O3S2. The minimum absolute atomic E-state index is 0.000146. The number of methoxy groups -OCH3 is 1. The highest BCUT2D eigenvalue weighted by molar-refractivity contribution is 7.90. The number of halogens is 3. The van der Waals surface area contributed by atoms with Crippen molar-refractivity contribution in [3.05, 3.63) is 76.6 Å². The van der Waals surface area contributed by atoms with Gasteiger partial charge in [-0.2, -0.15) is 13.2 Å². The number of para-hydroxylation sites is 2. The van der Waals surface area contributed by atoms with Crippen molar-refractivity contribution in [1.29, 1.82) is 0 Å². The van der Waals surface area contributed by atoms with Crippen molar-refractivity contribution in [1.82, 2.24) is 0 Å². The van der Waals surface area contributed by atoms with Gasteiger partial charge in [-0.05, 0) is 52.9 Å². The average Bonchev–Trinajstić information content (AvgIpc) is 3.22. The monoisotopic (exact) mass is 480 g/mol. The molecule has 1 aromatic heterocycles. The first-order valence-corrected chi connectivity index (χ1v) is 11.9. The number of benzene rings is 2. The van der Waals surface area contributed by atoms with Crippen LogP contribution in [-0.4, -0.2) is 33.7 Å². The van der Waals surface area contributed by atoms with E-state index in [0.717, 1.165) is 23.7 Å². The molecule has 168 valence electrons. The summed E-state index contributed by atoms with van der Waals surface area (Å²) in [4.78, 5) is 4.93. The lowest BCUT2D eigenvalue weighted by molar-refractivity contribution is -0.0925. The third kappa shape index (κ3) is 5.57. The fraction of sp³-hybridized carbons (Fsp3) is 0.136. The second-order valence-corrected chi connectivity index (χ2v) is 9.69. The molecule has 0 aliphatic carbocycles. The van der Waals surface area contributed by atoms with Gasteiger partial charge in [-0.25, -0.2) is 13.4 Å². The molecule has 0 atom stereocenters. The molecule has 0 amide bonds. The van der Waals surface area contributed by atoms with Crippen LogP contribution in [-0.2, 0) is 9.84 Å². The molecular weight excluding hydrogens is 461 g/mol. The maximum atomic E-state index is 13.1. The average molecular weight is 481 g/mol. The van der Waals surface area contributed by atoms with E-state index in [1.807, 2.05) is 0 Å². The molecule has 0 saturated heterocycles. The Morgan fingerprint density at radius 1 is 1.09 bits per heavy atom. The molecule has 32 heavy (non-hydrogen) atoms. The van der Waals surface area contributed by atoms with Crippen LogP contribution in [0.4, 0.5) is 18.9 Å². The molecule has 0 bridgehead atoms. The number of rotatable bonds is 6. The van der Waals surface area contributed by atoms with E-state index in [9.17, 15) is 21.6 Å². The molecule has 0 aliphatic rings. The third-order valence-electron chi connectivity index (χ3n) is 4.39. The summed E-state index contributed by atoms with van der Waals surface area (Å²) < 4.78 is 68.3. The van der Waals surface area contributed by atoms with E-state index >= 15 is 0 Å². The third-order valence-corrected chi connectivity index (χ3v) is 6.46. The van der Waals surface area contributed by atoms with Crippen LogP contribution < -0.4 is 10.5 Å². The van der Waals surface area contributed by atoms with Gasteiger partial charge in [-0.3, -0.25) is 0 Å². The zero-order valence-corrected chi connectivity index (χ0v) is 18.7. The number of alkyl halides is 3. The number of ether oxygens (including phenoxy) is 1. The van der Waals surface area contributed by atoms with Crippen LogP contribution in [0.25, 0.3) is 11.1 Å². The number of allylic oxidation sites excluding steroid dienone is 2. The van der Waals surface area contributed by atoms with E-state index in [1.54, 1.807) is 47.8 Å². The van der Waals surface area contributed by atoms with Crippen LogP contribution in [0.2, 0.25) is 0 Å². The minimum Gasteiger partial charge on any atom is -0.494 e. The van der Waals surface area contributed by atoms with Gasteiger partial charge >= 0.3 is 6.18 Å². The van der Waals surface area contributed by atoms with Crippen molar-refractivity contribution in [3.63, 3.8) is 0 Å². The Balaban J connectivity index is 2.12. The maximum absolute atomic E-state index is 13.1. The fourth-order valence-electron chi connectivity index (χ4n) is 2.77. The highest BCUT2D eigenvalue weighted by Crippen LogP contribution is 2.32. The molecule has 3 aromatic rings. The van der Waals surface area contributed by atoms with Gasteiger partial charge in [0.2, 0.25) is 0 Å². The Bertz CT molecular complexity index is 1290. The Morgan fingerprint density at radius 2 is 1.81 bits per heavy atom. The van der Waals surface area contributed by atoms with E-state index in [-0.39, 0.29) is 10.6 Å². The van der Waals surface area contributed by atoms with Crippen LogP contribution in [0.15, 0.2) is 81.6 Å². The summed E-state index contributed by atoms with van der Waals surface area (Å²) in [6.45, 7) is 0. The summed E-state index contributed by atoms with van der Waals surface area (Å²) in [5.41, 5.74) is 5.56. The quantitative estimate of drug-likeness (QED) is 0.482. The number of sulfone groups is 1. The van der Waals surface area contributed by atoms with Crippen molar-refractivity contribution in [2.24, 2.45) is 10.7 Å². The van der Waals surface area contributed by atoms with Gasteiger partial charge in [0.25, 0.3) is 0 Å². The van der Waals surface area contributed by atoms with E-state index in [0.29, 0.717) is 27.4 Å². The van der Waals surface area contributed by atoms with Gasteiger partial charge in [0.05, 0.1) is 22.6 Å². The fourth-order valence-corrected chi connectivity index (χ4v) is 4.31. The Labute approximate surface area is 187 Å². The van der Waals surface area contributed by atoms with Crippen LogP contribution in [0.5, 0.6) is 5.75 Å². The molecule has 0 aliphatic heterocycles. The number of nitrogens with two attached hydrogens (primary N) is 1. The van der Waals surface area contributed by atoms with Gasteiger partial charge in [0, 0.05) is 6.26 Å². The van der Waals surface area contributed by atoms with E-state index in [1.165, 1.54) is 19.2 Å². The molecule has 0 fully saturated rings. The largest absolute Gasteiger partial charge is 0.494 e. The van der Waals surface area contributed by atoms with Crippen LogP contribution in [0.3, 0.4) is 0 Å². The highest BCUT2D eigenvalue weighted by Gasteiger charge is 2.32. The van der Waals surface area contributed by atoms with Gasteiger partial charge < -0.3 is 10.5 Å². The number of hydrogen-bond acceptors (Lipinski definition) is 6. The van der Waals surface area contributed by atoms with Crippen molar-refractivity contribution in [2.45, 2.75) is 11.1 Å². The lowest BCUT2D eigenvalue weighted by atomic mass is 10.1. The molecule has 0 spiro atoms. The van der Waals surface area contributed by atoms with Crippen molar-refractivity contribution < 1.29 is 26.3 Å². The van der Waals surface area contributed by atoms with E-state index in [4.69, 9.17) is 10.5 Å². The molecule has 0 unspecified atom stereocenters. The summed E-state index contributed by atoms with van der Waals surface area (Å²) in [6.07, 6.45) is -2.84.